The van der Waals surface area contributed by atoms with Gasteiger partial charge in [0.1, 0.15) is 0 Å². The predicted molar refractivity (Wildman–Crippen MR) is 212 cm³/mol. The highest BCUT2D eigenvalue weighted by Gasteiger charge is 2.31. The topological polar surface area (TPSA) is 0 Å². The van der Waals surface area contributed by atoms with E-state index < -0.39 is 0 Å². The minimum Gasteiger partial charge on any atom is -0.0507 e. The van der Waals surface area contributed by atoms with Gasteiger partial charge in [-0.05, 0) is 204 Å². The normalized spacial score (nSPS) is 13.6. The van der Waals surface area contributed by atoms with Crippen molar-refractivity contribution in [3.8, 4) is 0 Å². The Morgan fingerprint density at radius 2 is 0.271 bits per heavy atom. The van der Waals surface area contributed by atoms with E-state index in [1.54, 1.807) is 0 Å². The van der Waals surface area contributed by atoms with Crippen molar-refractivity contribution in [2.75, 3.05) is 0 Å². The van der Waals surface area contributed by atoms with Crippen molar-refractivity contribution >= 4 is 129 Å². The number of hydrogen-bond donors (Lipinski definition) is 0. The molecule has 222 valence electrons. The molecule has 0 nitrogen and oxygen atoms in total. The molecular formula is C48H30. The predicted octanol–water partition coefficient (Wildman–Crippen LogP) is 14.0. The highest BCUT2D eigenvalue weighted by atomic mass is 14.3. The summed E-state index contributed by atoms with van der Waals surface area (Å²) < 4.78 is 0. The van der Waals surface area contributed by atoms with Gasteiger partial charge < -0.3 is 0 Å². The lowest BCUT2D eigenvalue weighted by atomic mass is 9.72. The number of aryl methyl sites for hydroxylation is 6. The van der Waals surface area contributed by atoms with Crippen molar-refractivity contribution in [1.82, 2.24) is 0 Å². The molecule has 0 aliphatic rings. The van der Waals surface area contributed by atoms with Gasteiger partial charge in [0.15, 0.2) is 0 Å². The van der Waals surface area contributed by atoms with Crippen LogP contribution >= 0.6 is 0 Å². The van der Waals surface area contributed by atoms with Gasteiger partial charge in [0, 0.05) is 0 Å². The van der Waals surface area contributed by atoms with Crippen molar-refractivity contribution in [2.24, 2.45) is 0 Å². The fourth-order valence-corrected chi connectivity index (χ4v) is 11.1. The molecule has 0 aromatic heterocycles. The highest BCUT2D eigenvalue weighted by Crippen LogP contribution is 2.60. The maximum Gasteiger partial charge on any atom is -0.0000473 e. The van der Waals surface area contributed by atoms with E-state index in [-0.39, 0.29) is 0 Å². The van der Waals surface area contributed by atoms with Crippen molar-refractivity contribution in [3.63, 3.8) is 0 Å². The van der Waals surface area contributed by atoms with Crippen LogP contribution in [0.15, 0.2) is 72.8 Å². The first-order chi connectivity index (χ1) is 23.3. The van der Waals surface area contributed by atoms with Gasteiger partial charge in [0.25, 0.3) is 0 Å². The van der Waals surface area contributed by atoms with E-state index in [4.69, 9.17) is 0 Å². The second-order valence-corrected chi connectivity index (χ2v) is 15.7. The summed E-state index contributed by atoms with van der Waals surface area (Å²) >= 11 is 0. The summed E-state index contributed by atoms with van der Waals surface area (Å²) in [5.41, 5.74) is 7.99. The third kappa shape index (κ3) is 2.40. The van der Waals surface area contributed by atoms with Crippen molar-refractivity contribution in [3.05, 3.63) is 106 Å². The van der Waals surface area contributed by atoms with Gasteiger partial charge in [-0.15, -0.1) is 0 Å². The third-order valence-electron chi connectivity index (χ3n) is 12.4. The van der Waals surface area contributed by atoms with Gasteiger partial charge in [-0.3, -0.25) is 0 Å². The highest BCUT2D eigenvalue weighted by molar-refractivity contribution is 6.61. The second kappa shape index (κ2) is 7.33. The molecule has 0 N–H and O–H groups in total. The Balaban J connectivity index is 1.61. The Labute approximate surface area is 276 Å². The summed E-state index contributed by atoms with van der Waals surface area (Å²) in [5, 5.41) is 34.5. The van der Waals surface area contributed by atoms with E-state index >= 15 is 0 Å². The van der Waals surface area contributed by atoms with E-state index in [0.29, 0.717) is 0 Å². The molecule has 48 heavy (non-hydrogen) atoms. The van der Waals surface area contributed by atoms with Crippen LogP contribution in [0, 0.1) is 41.5 Å². The monoisotopic (exact) mass is 606 g/mol. The maximum absolute atomic E-state index is 2.48. The van der Waals surface area contributed by atoms with E-state index in [0.717, 1.165) is 0 Å². The van der Waals surface area contributed by atoms with E-state index in [1.165, 1.54) is 163 Å². The standard InChI is InChI=1S/C48H30/c1-19-7-25-27-9-20(2)11-29-31-13-22(4)15-33-35-17-24(6)18-36-34-16-23(5)14-32-30-12-21(3)10-28-26(8-19)37(25)43-44(38(27)29)46(40(31)33)48(42(35)36)47(41(32)34)45(43)39(28)30/h7-18H,1-6H3. The lowest BCUT2D eigenvalue weighted by molar-refractivity contribution is 1.50. The first-order valence-corrected chi connectivity index (χ1v) is 17.4. The van der Waals surface area contributed by atoms with Crippen LogP contribution in [0.5, 0.6) is 0 Å². The number of benzene rings is 13. The van der Waals surface area contributed by atoms with Crippen molar-refractivity contribution in [1.29, 1.82) is 0 Å². The first kappa shape index (κ1) is 24.7. The SMILES string of the molecule is Cc1cc2c3cc(C)cc4c5cc(C)cc6c7cc(C)cc8c9cc(C)cc%10c%11cc(C)cc%12c(c1)c2c1c(c34)c(c56)c(c78)c(c%109)c1c%12%11. The van der Waals surface area contributed by atoms with Crippen LogP contribution in [-0.4, -0.2) is 0 Å². The minimum atomic E-state index is 1.33. The van der Waals surface area contributed by atoms with Gasteiger partial charge in [0.05, 0.1) is 0 Å². The molecule has 0 fully saturated rings. The molecule has 0 radical (unpaired) electrons. The molecule has 0 heteroatoms. The van der Waals surface area contributed by atoms with Crippen LogP contribution in [0.1, 0.15) is 33.4 Å². The van der Waals surface area contributed by atoms with Crippen molar-refractivity contribution < 1.29 is 0 Å². The smallest absolute Gasteiger partial charge is 0.0000473 e. The van der Waals surface area contributed by atoms with Crippen LogP contribution in [0.4, 0.5) is 0 Å². The Morgan fingerprint density at radius 1 is 0.167 bits per heavy atom. The average molecular weight is 607 g/mol. The molecule has 0 spiro atoms. The van der Waals surface area contributed by atoms with Crippen LogP contribution < -0.4 is 0 Å². The molecule has 0 aliphatic heterocycles. The Bertz CT molecular complexity index is 2770. The van der Waals surface area contributed by atoms with E-state index in [1.807, 2.05) is 0 Å². The van der Waals surface area contributed by atoms with Crippen molar-refractivity contribution in [2.45, 2.75) is 41.5 Å². The first-order valence-electron chi connectivity index (χ1n) is 17.4. The minimum absolute atomic E-state index is 1.33. The molecule has 13 rings (SSSR count). The zero-order valence-corrected chi connectivity index (χ0v) is 27.9. The van der Waals surface area contributed by atoms with Crippen LogP contribution in [0.25, 0.3) is 129 Å². The molecule has 0 bridgehead atoms. The lowest BCUT2D eigenvalue weighted by Crippen LogP contribution is -2.01. The van der Waals surface area contributed by atoms with Gasteiger partial charge in [-0.2, -0.15) is 0 Å². The Hall–Kier alpha value is -5.46. The zero-order valence-electron chi connectivity index (χ0n) is 27.9. The number of fused-ring (bicyclic) bond motifs is 6. The molecule has 0 aliphatic carbocycles. The molecule has 0 atom stereocenters. The molecule has 0 saturated heterocycles. The van der Waals surface area contributed by atoms with Gasteiger partial charge in [0.2, 0.25) is 0 Å². The Kier molecular flexibility index (Phi) is 3.77. The molecule has 0 heterocycles. The summed E-state index contributed by atoms with van der Waals surface area (Å²) in [6, 6.07) is 29.8. The molecule has 0 saturated carbocycles. The summed E-state index contributed by atoms with van der Waals surface area (Å²) in [6.07, 6.45) is 0. The van der Waals surface area contributed by atoms with Gasteiger partial charge in [-0.25, -0.2) is 0 Å². The van der Waals surface area contributed by atoms with Gasteiger partial charge >= 0.3 is 0 Å². The quantitative estimate of drug-likeness (QED) is 0.119. The molecule has 13 aromatic rings. The number of hydrogen-bond acceptors (Lipinski definition) is 0. The fourth-order valence-electron chi connectivity index (χ4n) is 11.1. The maximum atomic E-state index is 2.48. The summed E-state index contributed by atoms with van der Waals surface area (Å²) in [6.45, 7) is 13.7. The summed E-state index contributed by atoms with van der Waals surface area (Å²) in [7, 11) is 0. The van der Waals surface area contributed by atoms with E-state index in [9.17, 15) is 0 Å². The van der Waals surface area contributed by atoms with E-state index in [2.05, 4.69) is 114 Å². The molecule has 0 unspecified atom stereocenters. The zero-order chi connectivity index (χ0) is 31.8. The number of rotatable bonds is 0. The second-order valence-electron chi connectivity index (χ2n) is 15.7. The third-order valence-corrected chi connectivity index (χ3v) is 12.4. The molecular weight excluding hydrogens is 577 g/mol. The van der Waals surface area contributed by atoms with Crippen LogP contribution in [0.2, 0.25) is 0 Å². The van der Waals surface area contributed by atoms with Crippen LogP contribution in [-0.2, 0) is 0 Å². The fraction of sp³-hybridized carbons (Fsp3) is 0.125. The summed E-state index contributed by atoms with van der Waals surface area (Å²) in [4.78, 5) is 0. The average Bonchev–Trinajstić information content (AvgIpc) is 3.05. The lowest BCUT2D eigenvalue weighted by Gasteiger charge is -2.30. The summed E-state index contributed by atoms with van der Waals surface area (Å²) in [5.74, 6) is 0. The molecule has 0 amide bonds. The molecule has 13 aromatic carbocycles. The Morgan fingerprint density at radius 3 is 0.375 bits per heavy atom. The largest absolute Gasteiger partial charge is 0.0507 e. The van der Waals surface area contributed by atoms with Gasteiger partial charge in [-0.1, -0.05) is 72.8 Å². The van der Waals surface area contributed by atoms with Crippen LogP contribution in [0.3, 0.4) is 0 Å².